The summed E-state index contributed by atoms with van der Waals surface area (Å²) in [5.74, 6) is -0.701. The Bertz CT molecular complexity index is 599. The van der Waals surface area contributed by atoms with Gasteiger partial charge in [-0.2, -0.15) is 0 Å². The number of primary amides is 1. The smallest absolute Gasteiger partial charge is 0.260 e. The largest absolute Gasteiger partial charge is 0.476 e. The third kappa shape index (κ3) is 2.51. The molecule has 4 nitrogen and oxygen atoms in total. The van der Waals surface area contributed by atoms with Crippen LogP contribution in [0.15, 0.2) is 18.2 Å². The maximum Gasteiger partial charge on any atom is 0.260 e. The van der Waals surface area contributed by atoms with Gasteiger partial charge in [-0.3, -0.25) is 9.69 Å². The average molecular weight is 318 g/mol. The Labute approximate surface area is 135 Å². The normalized spacial score (nSPS) is 27.7. The van der Waals surface area contributed by atoms with Crippen LogP contribution in [0.25, 0.3) is 0 Å². The Balaban J connectivity index is 1.68. The lowest BCUT2D eigenvalue weighted by molar-refractivity contribution is -0.132. The molecule has 124 valence electrons. The van der Waals surface area contributed by atoms with Crippen LogP contribution < -0.4 is 10.5 Å². The molecule has 2 saturated carbocycles. The number of benzene rings is 1. The molecule has 1 amide bonds. The molecule has 2 aliphatic carbocycles. The molecule has 1 aromatic carbocycles. The van der Waals surface area contributed by atoms with E-state index in [1.54, 1.807) is 6.07 Å². The summed E-state index contributed by atoms with van der Waals surface area (Å²) < 4.78 is 19.8. The van der Waals surface area contributed by atoms with E-state index in [1.807, 2.05) is 6.07 Å². The van der Waals surface area contributed by atoms with Gasteiger partial charge in [-0.05, 0) is 43.7 Å². The first-order valence-electron chi connectivity index (χ1n) is 8.66. The first kappa shape index (κ1) is 14.9. The third-order valence-electron chi connectivity index (χ3n) is 5.73. The Hall–Kier alpha value is -1.62. The highest BCUT2D eigenvalue weighted by atomic mass is 19.1. The Kier molecular flexibility index (Phi) is 3.76. The van der Waals surface area contributed by atoms with Crippen LogP contribution in [0.5, 0.6) is 5.75 Å². The minimum Gasteiger partial charge on any atom is -0.476 e. The fourth-order valence-corrected chi connectivity index (χ4v) is 4.10. The van der Waals surface area contributed by atoms with Crippen LogP contribution in [-0.2, 0) is 11.2 Å². The van der Waals surface area contributed by atoms with E-state index in [-0.39, 0.29) is 11.8 Å². The van der Waals surface area contributed by atoms with Gasteiger partial charge in [0.25, 0.3) is 5.91 Å². The van der Waals surface area contributed by atoms with E-state index >= 15 is 0 Å². The lowest BCUT2D eigenvalue weighted by Gasteiger charge is -2.52. The molecule has 23 heavy (non-hydrogen) atoms. The van der Waals surface area contributed by atoms with Gasteiger partial charge in [-0.15, -0.1) is 0 Å². The number of carbonyl (C=O) groups excluding carboxylic acids is 1. The van der Waals surface area contributed by atoms with Crippen molar-refractivity contribution >= 4 is 5.91 Å². The number of amides is 1. The predicted molar refractivity (Wildman–Crippen MR) is 84.6 cm³/mol. The fourth-order valence-electron chi connectivity index (χ4n) is 4.10. The molecule has 1 aliphatic heterocycles. The zero-order valence-electron chi connectivity index (χ0n) is 13.2. The van der Waals surface area contributed by atoms with Crippen LogP contribution in [0.4, 0.5) is 4.39 Å². The second-order valence-corrected chi connectivity index (χ2v) is 7.06. The van der Waals surface area contributed by atoms with Crippen LogP contribution >= 0.6 is 0 Å². The number of rotatable bonds is 4. The van der Waals surface area contributed by atoms with Crippen molar-refractivity contribution in [3.05, 3.63) is 29.6 Å². The van der Waals surface area contributed by atoms with E-state index in [4.69, 9.17) is 10.5 Å². The van der Waals surface area contributed by atoms with Crippen molar-refractivity contribution in [2.24, 2.45) is 5.73 Å². The molecule has 5 heteroatoms. The number of halogens is 1. The van der Waals surface area contributed by atoms with Crippen LogP contribution in [0.1, 0.15) is 44.1 Å². The third-order valence-corrected chi connectivity index (χ3v) is 5.73. The first-order valence-corrected chi connectivity index (χ1v) is 8.66. The van der Waals surface area contributed by atoms with Gasteiger partial charge in [0, 0.05) is 12.1 Å². The van der Waals surface area contributed by atoms with Crippen LogP contribution in [0.3, 0.4) is 0 Å². The van der Waals surface area contributed by atoms with Gasteiger partial charge in [-0.25, -0.2) is 4.39 Å². The number of hydrogen-bond donors (Lipinski definition) is 1. The molecule has 0 aromatic heterocycles. The summed E-state index contributed by atoms with van der Waals surface area (Å²) in [4.78, 5) is 14.5. The van der Waals surface area contributed by atoms with Gasteiger partial charge >= 0.3 is 0 Å². The summed E-state index contributed by atoms with van der Waals surface area (Å²) in [6.07, 6.45) is 7.06. The van der Waals surface area contributed by atoms with Gasteiger partial charge in [-0.1, -0.05) is 25.0 Å². The summed E-state index contributed by atoms with van der Waals surface area (Å²) in [6.45, 7) is 0. The fraction of sp³-hybridized carbons (Fsp3) is 0.611. The van der Waals surface area contributed by atoms with Gasteiger partial charge < -0.3 is 10.5 Å². The van der Waals surface area contributed by atoms with Gasteiger partial charge in [0.15, 0.2) is 17.7 Å². The molecule has 0 radical (unpaired) electrons. The number of carbonyl (C=O) groups is 1. The lowest BCUT2D eigenvalue weighted by atomic mass is 9.81. The van der Waals surface area contributed by atoms with Crippen LogP contribution in [-0.4, -0.2) is 35.0 Å². The summed E-state index contributed by atoms with van der Waals surface area (Å²) in [7, 11) is 0. The molecule has 0 bridgehead atoms. The molecule has 1 aromatic rings. The van der Waals surface area contributed by atoms with E-state index in [1.165, 1.54) is 44.6 Å². The van der Waals surface area contributed by atoms with Gasteiger partial charge in [0.1, 0.15) is 0 Å². The zero-order valence-corrected chi connectivity index (χ0v) is 13.2. The second-order valence-electron chi connectivity index (χ2n) is 7.06. The minimum atomic E-state index is -0.763. The van der Waals surface area contributed by atoms with E-state index in [0.29, 0.717) is 18.5 Å². The quantitative estimate of drug-likeness (QED) is 0.927. The van der Waals surface area contributed by atoms with Crippen molar-refractivity contribution in [2.75, 3.05) is 0 Å². The van der Waals surface area contributed by atoms with Crippen LogP contribution in [0, 0.1) is 5.82 Å². The summed E-state index contributed by atoms with van der Waals surface area (Å²) in [6, 6.07) is 5.93. The van der Waals surface area contributed by atoms with E-state index in [9.17, 15) is 9.18 Å². The molecule has 3 aliphatic rings. The zero-order chi connectivity index (χ0) is 16.0. The molecule has 1 heterocycles. The van der Waals surface area contributed by atoms with E-state index in [2.05, 4.69) is 4.90 Å². The van der Waals surface area contributed by atoms with Gasteiger partial charge in [0.05, 0.1) is 6.04 Å². The highest BCUT2D eigenvalue weighted by molar-refractivity contribution is 5.80. The Morgan fingerprint density at radius 2 is 1.83 bits per heavy atom. The highest BCUT2D eigenvalue weighted by Gasteiger charge is 2.46. The number of hydrogen-bond acceptors (Lipinski definition) is 3. The first-order chi connectivity index (χ1) is 11.1. The monoisotopic (exact) mass is 318 g/mol. The number of para-hydroxylation sites is 1. The molecule has 2 atom stereocenters. The minimum absolute atomic E-state index is 0.0719. The Morgan fingerprint density at radius 1 is 1.17 bits per heavy atom. The topological polar surface area (TPSA) is 55.6 Å². The molecule has 0 spiro atoms. The number of nitrogens with two attached hydrogens (primary N) is 1. The SMILES string of the molecule is NC(=O)[C@@H]1Oc2c(F)cccc2CC1N(C1CCC1)C1CCC1. The lowest BCUT2D eigenvalue weighted by Crippen LogP contribution is -2.63. The summed E-state index contributed by atoms with van der Waals surface area (Å²) in [5.41, 5.74) is 6.45. The summed E-state index contributed by atoms with van der Waals surface area (Å²) >= 11 is 0. The average Bonchev–Trinajstić information content (AvgIpc) is 2.42. The summed E-state index contributed by atoms with van der Waals surface area (Å²) in [5, 5.41) is 0. The molecule has 1 unspecified atom stereocenters. The maximum absolute atomic E-state index is 14.0. The van der Waals surface area contributed by atoms with Gasteiger partial charge in [0.2, 0.25) is 0 Å². The predicted octanol–water partition coefficient (Wildman–Crippen LogP) is 2.39. The number of ether oxygens (including phenoxy) is 1. The second kappa shape index (κ2) is 5.78. The van der Waals surface area contributed by atoms with Crippen molar-refractivity contribution in [3.8, 4) is 5.75 Å². The number of fused-ring (bicyclic) bond motifs is 1. The van der Waals surface area contributed by atoms with E-state index < -0.39 is 17.8 Å². The molecule has 4 rings (SSSR count). The molecule has 2 fully saturated rings. The van der Waals surface area contributed by atoms with Crippen molar-refractivity contribution in [1.29, 1.82) is 0 Å². The van der Waals surface area contributed by atoms with Crippen molar-refractivity contribution in [1.82, 2.24) is 4.90 Å². The maximum atomic E-state index is 14.0. The molecule has 2 N–H and O–H groups in total. The molecular weight excluding hydrogens is 295 g/mol. The molecule has 0 saturated heterocycles. The van der Waals surface area contributed by atoms with Crippen LogP contribution in [0.2, 0.25) is 0 Å². The van der Waals surface area contributed by atoms with Crippen molar-refractivity contribution < 1.29 is 13.9 Å². The number of nitrogens with zero attached hydrogens (tertiary/aromatic N) is 1. The Morgan fingerprint density at radius 3 is 2.35 bits per heavy atom. The van der Waals surface area contributed by atoms with Crippen molar-refractivity contribution in [2.45, 2.75) is 69.2 Å². The van der Waals surface area contributed by atoms with Crippen molar-refractivity contribution in [3.63, 3.8) is 0 Å². The standard InChI is InChI=1S/C18H23FN2O2/c19-14-9-1-4-11-10-15(17(18(20)22)23-16(11)14)21(12-5-2-6-12)13-7-3-8-13/h1,4,9,12-13,15,17H,2-3,5-8,10H2,(H2,20,22)/t15?,17-/m1/s1. The molecular formula is C18H23FN2O2. The highest BCUT2D eigenvalue weighted by Crippen LogP contribution is 2.40. The van der Waals surface area contributed by atoms with E-state index in [0.717, 1.165) is 5.56 Å².